The van der Waals surface area contributed by atoms with Crippen LogP contribution in [0.3, 0.4) is 0 Å². The summed E-state index contributed by atoms with van der Waals surface area (Å²) >= 11 is 4.69. The summed E-state index contributed by atoms with van der Waals surface area (Å²) in [6, 6.07) is 0. The largest absolute Gasteiger partial charge is 0.291 e. The Kier molecular flexibility index (Phi) is 2.59. The van der Waals surface area contributed by atoms with E-state index in [0.29, 0.717) is 0 Å². The average molecular weight is 78.5 g/mol. The molecule has 0 atom stereocenters. The van der Waals surface area contributed by atoms with Crippen LogP contribution in [0.15, 0.2) is 0 Å². The van der Waals surface area contributed by atoms with E-state index >= 15 is 0 Å². The summed E-state index contributed by atoms with van der Waals surface area (Å²) in [6.07, 6.45) is 0.890. The van der Waals surface area contributed by atoms with Crippen molar-refractivity contribution in [2.45, 2.75) is 0 Å². The Bertz CT molecular complexity index is 20.0. The fourth-order valence-electron chi connectivity index (χ4n) is 0. The molecule has 0 radical (unpaired) electrons. The highest BCUT2D eigenvalue weighted by Gasteiger charge is 1.41. The first kappa shape index (κ1) is 3.76. The zero-order valence-electron chi connectivity index (χ0n) is 1.96. The molecule has 4 heavy (non-hydrogen) atoms. The van der Waals surface area contributed by atoms with Crippen molar-refractivity contribution in [2.75, 3.05) is 0 Å². The molecular weight excluding hydrogens is 75.5 g/mol. The van der Waals surface area contributed by atoms with Gasteiger partial charge in [-0.25, -0.2) is 0 Å². The molecule has 0 saturated carbocycles. The minimum absolute atomic E-state index is 0.890. The Balaban J connectivity index is 2.30. The van der Waals surface area contributed by atoms with Gasteiger partial charge in [-0.3, -0.25) is 10.2 Å². The predicted molar refractivity (Wildman–Crippen MR) is 17.8 cm³/mol. The maximum atomic E-state index is 6.08. The van der Waals surface area contributed by atoms with E-state index in [0.717, 1.165) is 6.34 Å². The number of rotatable bonds is 1. The van der Waals surface area contributed by atoms with Gasteiger partial charge in [0.1, 0.15) is 0 Å². The van der Waals surface area contributed by atoms with E-state index in [4.69, 9.17) is 17.2 Å². The number of hydrogen-bond donors (Lipinski definition) is 2. The fraction of sp³-hybridized carbons (Fsp3) is 0. The zero-order chi connectivity index (χ0) is 3.41. The van der Waals surface area contributed by atoms with E-state index in [1.807, 2.05) is 4.84 Å². The Morgan fingerprint density at radius 3 is 2.25 bits per heavy atom. The molecular formula is CH3ClN2. The Morgan fingerprint density at radius 2 is 2.25 bits per heavy atom. The molecule has 0 saturated heterocycles. The summed E-state index contributed by atoms with van der Waals surface area (Å²) in [5.74, 6) is 0. The van der Waals surface area contributed by atoms with Gasteiger partial charge in [0.15, 0.2) is 0 Å². The van der Waals surface area contributed by atoms with E-state index in [2.05, 4.69) is 0 Å². The molecule has 0 aliphatic heterocycles. The normalized spacial score (nSPS) is 5.25. The summed E-state index contributed by atoms with van der Waals surface area (Å²) in [4.78, 5) is 1.94. The minimum atomic E-state index is 0.890. The van der Waals surface area contributed by atoms with Gasteiger partial charge in [-0.2, -0.15) is 0 Å². The van der Waals surface area contributed by atoms with Gasteiger partial charge < -0.3 is 0 Å². The van der Waals surface area contributed by atoms with Gasteiger partial charge in [-0.15, -0.1) is 0 Å². The van der Waals surface area contributed by atoms with Crippen molar-refractivity contribution in [1.82, 2.24) is 4.84 Å². The molecule has 3 heteroatoms. The smallest absolute Gasteiger partial charge is 0.0936 e. The summed E-state index contributed by atoms with van der Waals surface area (Å²) in [6.45, 7) is 0. The number of nitrogens with one attached hydrogen (secondary N) is 2. The van der Waals surface area contributed by atoms with Crippen molar-refractivity contribution >= 4 is 18.1 Å². The summed E-state index contributed by atoms with van der Waals surface area (Å²) < 4.78 is 0. The SMILES string of the molecule is N=CNCl. The molecule has 0 rings (SSSR count). The number of halogens is 1. The lowest BCUT2D eigenvalue weighted by Gasteiger charge is -1.63. The highest BCUT2D eigenvalue weighted by atomic mass is 35.5. The third-order valence-electron chi connectivity index (χ3n) is 0.0546. The molecule has 24 valence electrons. The van der Waals surface area contributed by atoms with Crippen LogP contribution >= 0.6 is 11.8 Å². The fourth-order valence-corrected chi connectivity index (χ4v) is 0. The van der Waals surface area contributed by atoms with Crippen LogP contribution in [0, 0.1) is 5.41 Å². The lowest BCUT2D eigenvalue weighted by atomic mass is 11.4. The van der Waals surface area contributed by atoms with Gasteiger partial charge in [-0.1, -0.05) is 0 Å². The molecule has 0 spiro atoms. The van der Waals surface area contributed by atoms with Crippen LogP contribution in [0.2, 0.25) is 0 Å². The quantitative estimate of drug-likeness (QED) is 0.265. The topological polar surface area (TPSA) is 35.9 Å². The van der Waals surface area contributed by atoms with Crippen molar-refractivity contribution in [3.05, 3.63) is 0 Å². The molecule has 0 bridgehead atoms. The maximum Gasteiger partial charge on any atom is 0.0936 e. The molecule has 0 fully saturated rings. The van der Waals surface area contributed by atoms with Gasteiger partial charge >= 0.3 is 0 Å². The van der Waals surface area contributed by atoms with E-state index in [1.54, 1.807) is 0 Å². The molecule has 0 amide bonds. The van der Waals surface area contributed by atoms with Crippen molar-refractivity contribution < 1.29 is 0 Å². The molecule has 0 aliphatic carbocycles. The summed E-state index contributed by atoms with van der Waals surface area (Å²) in [7, 11) is 0. The van der Waals surface area contributed by atoms with Gasteiger partial charge in [-0.05, 0) is 0 Å². The summed E-state index contributed by atoms with van der Waals surface area (Å²) in [5.41, 5.74) is 0. The van der Waals surface area contributed by atoms with E-state index in [9.17, 15) is 0 Å². The lowest BCUT2D eigenvalue weighted by Crippen LogP contribution is -1.86. The van der Waals surface area contributed by atoms with E-state index in [-0.39, 0.29) is 0 Å². The second-order valence-corrected chi connectivity index (χ2v) is 0.472. The predicted octanol–water partition coefficient (Wildman–Crippen LogP) is 0.337. The monoisotopic (exact) mass is 78.0 g/mol. The van der Waals surface area contributed by atoms with Crippen molar-refractivity contribution in [3.8, 4) is 0 Å². The highest BCUT2D eigenvalue weighted by molar-refractivity contribution is 6.18. The van der Waals surface area contributed by atoms with Crippen LogP contribution in [0.5, 0.6) is 0 Å². The van der Waals surface area contributed by atoms with Gasteiger partial charge in [0.25, 0.3) is 0 Å². The Morgan fingerprint density at radius 1 is 2.00 bits per heavy atom. The van der Waals surface area contributed by atoms with Crippen LogP contribution in [0.25, 0.3) is 0 Å². The molecule has 0 aromatic rings. The third-order valence-corrected chi connectivity index (χ3v) is 0.164. The number of hydrogen-bond acceptors (Lipinski definition) is 1. The highest BCUT2D eigenvalue weighted by Crippen LogP contribution is 1.42. The molecule has 0 aliphatic rings. The van der Waals surface area contributed by atoms with Gasteiger partial charge in [0, 0.05) is 11.8 Å². The van der Waals surface area contributed by atoms with Gasteiger partial charge in [0.2, 0.25) is 0 Å². The molecule has 0 unspecified atom stereocenters. The van der Waals surface area contributed by atoms with Crippen molar-refractivity contribution in [2.24, 2.45) is 0 Å². The molecule has 2 N–H and O–H groups in total. The van der Waals surface area contributed by atoms with E-state index < -0.39 is 0 Å². The average Bonchev–Trinajstić information content (AvgIpc) is 1.37. The molecule has 2 nitrogen and oxygen atoms in total. The Hall–Kier alpha value is -0.240. The first-order valence-corrected chi connectivity index (χ1v) is 1.14. The minimum Gasteiger partial charge on any atom is -0.291 e. The first-order chi connectivity index (χ1) is 1.91. The maximum absolute atomic E-state index is 6.08. The standard InChI is InChI=1S/CH3ClN2/c2-4-1-3/h1H,(H2,3,4). The molecule has 0 aromatic carbocycles. The Labute approximate surface area is 29.4 Å². The van der Waals surface area contributed by atoms with Crippen LogP contribution in [0.4, 0.5) is 0 Å². The van der Waals surface area contributed by atoms with Crippen LogP contribution in [-0.4, -0.2) is 6.34 Å². The van der Waals surface area contributed by atoms with Crippen LogP contribution in [0.1, 0.15) is 0 Å². The van der Waals surface area contributed by atoms with Crippen LogP contribution in [-0.2, 0) is 0 Å². The van der Waals surface area contributed by atoms with Crippen molar-refractivity contribution in [1.29, 1.82) is 5.41 Å². The third kappa shape index (κ3) is 1.76. The summed E-state index contributed by atoms with van der Waals surface area (Å²) in [5, 5.41) is 6.08. The zero-order valence-corrected chi connectivity index (χ0v) is 2.71. The first-order valence-electron chi connectivity index (χ1n) is 0.766. The molecule has 0 heterocycles. The van der Waals surface area contributed by atoms with Crippen LogP contribution < -0.4 is 4.84 Å². The molecule has 0 aromatic heterocycles. The van der Waals surface area contributed by atoms with E-state index in [1.165, 1.54) is 0 Å². The lowest BCUT2D eigenvalue weighted by molar-refractivity contribution is 1.44. The second-order valence-electron chi connectivity index (χ2n) is 0.253. The van der Waals surface area contributed by atoms with Crippen molar-refractivity contribution in [3.63, 3.8) is 0 Å². The van der Waals surface area contributed by atoms with Gasteiger partial charge in [0.05, 0.1) is 6.34 Å². The second kappa shape index (κ2) is 2.76.